The standard InChI is InChI=1S/C25H28N6O2/c1-29(2)15-9-17-33-24-18-22(31(28-24)19-20-10-5-3-6-11-20)25(32)26-23-14-16-30(27-23)21-12-7-4-8-13-21/h3-8,10-14,16,18H,9,15,17,19H2,1-2H3,(H,26,27,32). The Labute approximate surface area is 193 Å². The van der Waals surface area contributed by atoms with Crippen LogP contribution in [0.2, 0.25) is 0 Å². The molecule has 0 unspecified atom stereocenters. The predicted octanol–water partition coefficient (Wildman–Crippen LogP) is 3.70. The van der Waals surface area contributed by atoms with Gasteiger partial charge in [-0.05, 0) is 38.2 Å². The molecule has 2 heterocycles. The van der Waals surface area contributed by atoms with Crippen LogP contribution in [0.5, 0.6) is 5.88 Å². The minimum absolute atomic E-state index is 0.292. The van der Waals surface area contributed by atoms with Crippen molar-refractivity contribution in [2.75, 3.05) is 32.6 Å². The number of carbonyl (C=O) groups is 1. The van der Waals surface area contributed by atoms with Crippen molar-refractivity contribution >= 4 is 11.7 Å². The summed E-state index contributed by atoms with van der Waals surface area (Å²) in [5, 5.41) is 11.9. The van der Waals surface area contributed by atoms with Crippen LogP contribution >= 0.6 is 0 Å². The highest BCUT2D eigenvalue weighted by atomic mass is 16.5. The van der Waals surface area contributed by atoms with E-state index in [1.807, 2.05) is 81.0 Å². The summed E-state index contributed by atoms with van der Waals surface area (Å²) in [6, 6.07) is 23.1. The van der Waals surface area contributed by atoms with Gasteiger partial charge >= 0.3 is 0 Å². The number of carbonyl (C=O) groups excluding carboxylic acids is 1. The number of rotatable bonds is 10. The third kappa shape index (κ3) is 6.08. The maximum absolute atomic E-state index is 13.1. The Balaban J connectivity index is 1.50. The van der Waals surface area contributed by atoms with Crippen LogP contribution in [0.1, 0.15) is 22.5 Å². The zero-order valence-electron chi connectivity index (χ0n) is 18.9. The van der Waals surface area contributed by atoms with Crippen molar-refractivity contribution in [3.63, 3.8) is 0 Å². The highest BCUT2D eigenvalue weighted by molar-refractivity contribution is 6.02. The van der Waals surface area contributed by atoms with E-state index < -0.39 is 0 Å². The van der Waals surface area contributed by atoms with Gasteiger partial charge in [-0.15, -0.1) is 5.10 Å². The molecule has 0 spiro atoms. The normalized spacial score (nSPS) is 11.0. The molecule has 8 nitrogen and oxygen atoms in total. The number of para-hydroxylation sites is 1. The van der Waals surface area contributed by atoms with Crippen molar-refractivity contribution in [3.8, 4) is 11.6 Å². The molecule has 0 saturated heterocycles. The third-order valence-corrected chi connectivity index (χ3v) is 5.02. The number of amides is 1. The van der Waals surface area contributed by atoms with Crippen molar-refractivity contribution in [1.29, 1.82) is 0 Å². The lowest BCUT2D eigenvalue weighted by molar-refractivity contribution is 0.101. The number of hydrogen-bond donors (Lipinski definition) is 1. The van der Waals surface area contributed by atoms with Gasteiger partial charge in [0.25, 0.3) is 5.91 Å². The van der Waals surface area contributed by atoms with Gasteiger partial charge in [0.15, 0.2) is 5.82 Å². The number of benzene rings is 2. The first-order valence-corrected chi connectivity index (χ1v) is 10.9. The second-order valence-corrected chi connectivity index (χ2v) is 7.95. The molecule has 2 aromatic heterocycles. The molecule has 0 bridgehead atoms. The summed E-state index contributed by atoms with van der Waals surface area (Å²) in [4.78, 5) is 15.2. The molecular weight excluding hydrogens is 416 g/mol. The van der Waals surface area contributed by atoms with Crippen LogP contribution in [0.25, 0.3) is 5.69 Å². The summed E-state index contributed by atoms with van der Waals surface area (Å²) in [5.74, 6) is 0.606. The van der Waals surface area contributed by atoms with Crippen LogP contribution in [-0.4, -0.2) is 57.6 Å². The van der Waals surface area contributed by atoms with E-state index in [0.717, 1.165) is 24.2 Å². The Morgan fingerprint density at radius 2 is 1.73 bits per heavy atom. The second kappa shape index (κ2) is 10.6. The van der Waals surface area contributed by atoms with Gasteiger partial charge in [0, 0.05) is 24.9 Å². The van der Waals surface area contributed by atoms with Crippen LogP contribution in [-0.2, 0) is 6.54 Å². The number of ether oxygens (including phenoxy) is 1. The van der Waals surface area contributed by atoms with Crippen molar-refractivity contribution in [1.82, 2.24) is 24.5 Å². The average Bonchev–Trinajstić information content (AvgIpc) is 3.45. The van der Waals surface area contributed by atoms with Gasteiger partial charge in [0.1, 0.15) is 5.69 Å². The molecule has 2 aromatic carbocycles. The van der Waals surface area contributed by atoms with Crippen LogP contribution in [0.3, 0.4) is 0 Å². The fourth-order valence-electron chi connectivity index (χ4n) is 3.38. The molecule has 0 aliphatic carbocycles. The largest absolute Gasteiger partial charge is 0.477 e. The van der Waals surface area contributed by atoms with E-state index in [-0.39, 0.29) is 5.91 Å². The highest BCUT2D eigenvalue weighted by Crippen LogP contribution is 2.17. The van der Waals surface area contributed by atoms with E-state index in [2.05, 4.69) is 20.4 Å². The van der Waals surface area contributed by atoms with Gasteiger partial charge in [0.2, 0.25) is 5.88 Å². The number of aromatic nitrogens is 4. The maximum atomic E-state index is 13.1. The lowest BCUT2D eigenvalue weighted by Gasteiger charge is -2.08. The molecule has 0 atom stereocenters. The Morgan fingerprint density at radius 1 is 1.00 bits per heavy atom. The van der Waals surface area contributed by atoms with Crippen LogP contribution in [0, 0.1) is 0 Å². The molecule has 0 saturated carbocycles. The first-order chi connectivity index (χ1) is 16.1. The van der Waals surface area contributed by atoms with Gasteiger partial charge in [0.05, 0.1) is 18.8 Å². The number of hydrogen-bond acceptors (Lipinski definition) is 5. The van der Waals surface area contributed by atoms with E-state index in [1.54, 1.807) is 21.5 Å². The zero-order chi connectivity index (χ0) is 23.0. The lowest BCUT2D eigenvalue weighted by Crippen LogP contribution is -2.18. The Bertz CT molecular complexity index is 1170. The molecule has 4 rings (SSSR count). The zero-order valence-corrected chi connectivity index (χ0v) is 18.9. The number of nitrogens with zero attached hydrogens (tertiary/aromatic N) is 5. The number of anilines is 1. The maximum Gasteiger partial charge on any atom is 0.275 e. The molecular formula is C25H28N6O2. The van der Waals surface area contributed by atoms with E-state index in [9.17, 15) is 4.79 Å². The minimum atomic E-state index is -0.292. The molecule has 0 fully saturated rings. The first kappa shape index (κ1) is 22.3. The summed E-state index contributed by atoms with van der Waals surface area (Å²) in [7, 11) is 4.05. The van der Waals surface area contributed by atoms with Crippen molar-refractivity contribution in [2.45, 2.75) is 13.0 Å². The molecule has 1 N–H and O–H groups in total. The van der Waals surface area contributed by atoms with E-state index >= 15 is 0 Å². The van der Waals surface area contributed by atoms with Crippen LogP contribution in [0.15, 0.2) is 79.0 Å². The predicted molar refractivity (Wildman–Crippen MR) is 128 cm³/mol. The smallest absolute Gasteiger partial charge is 0.275 e. The van der Waals surface area contributed by atoms with E-state index in [1.165, 1.54) is 0 Å². The van der Waals surface area contributed by atoms with Gasteiger partial charge in [-0.25, -0.2) is 4.68 Å². The fourth-order valence-corrected chi connectivity index (χ4v) is 3.38. The van der Waals surface area contributed by atoms with E-state index in [0.29, 0.717) is 30.5 Å². The van der Waals surface area contributed by atoms with Crippen molar-refractivity contribution < 1.29 is 9.53 Å². The molecule has 8 heteroatoms. The topological polar surface area (TPSA) is 77.2 Å². The lowest BCUT2D eigenvalue weighted by atomic mass is 10.2. The monoisotopic (exact) mass is 444 g/mol. The summed E-state index contributed by atoms with van der Waals surface area (Å²) in [6.45, 7) is 1.91. The molecule has 0 radical (unpaired) electrons. The van der Waals surface area contributed by atoms with Gasteiger partial charge in [-0.3, -0.25) is 9.48 Å². The first-order valence-electron chi connectivity index (χ1n) is 10.9. The molecule has 0 aliphatic heterocycles. The Hall–Kier alpha value is -3.91. The summed E-state index contributed by atoms with van der Waals surface area (Å²) < 4.78 is 9.20. The molecule has 170 valence electrons. The Kier molecular flexibility index (Phi) is 7.16. The molecule has 0 aliphatic rings. The molecule has 1 amide bonds. The quantitative estimate of drug-likeness (QED) is 0.378. The SMILES string of the molecule is CN(C)CCCOc1cc(C(=O)Nc2ccn(-c3ccccc3)n2)n(Cc2ccccc2)n1. The van der Waals surface area contributed by atoms with Crippen molar-refractivity contribution in [3.05, 3.63) is 90.3 Å². The summed E-state index contributed by atoms with van der Waals surface area (Å²) >= 11 is 0. The Morgan fingerprint density at radius 3 is 2.45 bits per heavy atom. The van der Waals surface area contributed by atoms with E-state index in [4.69, 9.17) is 4.74 Å². The van der Waals surface area contributed by atoms with Gasteiger partial charge < -0.3 is 15.0 Å². The molecule has 33 heavy (non-hydrogen) atoms. The second-order valence-electron chi connectivity index (χ2n) is 7.95. The summed E-state index contributed by atoms with van der Waals surface area (Å²) in [5.41, 5.74) is 2.37. The van der Waals surface area contributed by atoms with Crippen LogP contribution < -0.4 is 10.1 Å². The van der Waals surface area contributed by atoms with Crippen LogP contribution in [0.4, 0.5) is 5.82 Å². The third-order valence-electron chi connectivity index (χ3n) is 5.02. The highest BCUT2D eigenvalue weighted by Gasteiger charge is 2.18. The molecule has 4 aromatic rings. The average molecular weight is 445 g/mol. The van der Waals surface area contributed by atoms with Gasteiger partial charge in [-0.1, -0.05) is 48.5 Å². The minimum Gasteiger partial charge on any atom is -0.477 e. The van der Waals surface area contributed by atoms with Gasteiger partial charge in [-0.2, -0.15) is 5.10 Å². The van der Waals surface area contributed by atoms with Crippen molar-refractivity contribution in [2.24, 2.45) is 0 Å². The fraction of sp³-hybridized carbons (Fsp3) is 0.240. The summed E-state index contributed by atoms with van der Waals surface area (Å²) in [6.07, 6.45) is 2.68. The number of nitrogens with one attached hydrogen (secondary N) is 1.